The topological polar surface area (TPSA) is 105 Å². The van der Waals surface area contributed by atoms with Crippen molar-refractivity contribution in [2.45, 2.75) is 70.4 Å². The molecule has 1 aliphatic heterocycles. The minimum absolute atomic E-state index is 0.0289. The zero-order valence-electron chi connectivity index (χ0n) is 22.9. The molecule has 0 radical (unpaired) electrons. The van der Waals surface area contributed by atoms with E-state index >= 15 is 0 Å². The van der Waals surface area contributed by atoms with E-state index in [1.165, 1.54) is 0 Å². The fraction of sp³-hybridized carbons (Fsp3) is 0.536. The van der Waals surface area contributed by atoms with Crippen LogP contribution in [-0.2, 0) is 4.74 Å². The Labute approximate surface area is 223 Å². The van der Waals surface area contributed by atoms with E-state index in [0.717, 1.165) is 48.7 Å². The predicted octanol–water partition coefficient (Wildman–Crippen LogP) is 5.11. The number of amides is 2. The molecule has 3 aromatic heterocycles. The van der Waals surface area contributed by atoms with Crippen LogP contribution in [0.1, 0.15) is 80.9 Å². The highest BCUT2D eigenvalue weighted by molar-refractivity contribution is 5.97. The maximum absolute atomic E-state index is 12.9. The number of pyridine rings is 1. The smallest absolute Gasteiger partial charge is 0.410 e. The minimum atomic E-state index is -0.503. The summed E-state index contributed by atoms with van der Waals surface area (Å²) < 4.78 is 7.62. The van der Waals surface area contributed by atoms with Gasteiger partial charge in [-0.3, -0.25) is 4.79 Å². The highest BCUT2D eigenvalue weighted by Gasteiger charge is 2.31. The predicted molar refractivity (Wildman–Crippen MR) is 146 cm³/mol. The lowest BCUT2D eigenvalue weighted by Gasteiger charge is -2.24. The van der Waals surface area contributed by atoms with E-state index in [4.69, 9.17) is 9.72 Å². The molecule has 1 atom stereocenters. The second kappa shape index (κ2) is 10.2. The fourth-order valence-corrected chi connectivity index (χ4v) is 5.35. The van der Waals surface area contributed by atoms with Crippen molar-refractivity contribution in [2.75, 3.05) is 32.5 Å². The third-order valence-corrected chi connectivity index (χ3v) is 7.23. The Morgan fingerprint density at radius 2 is 1.84 bits per heavy atom. The Bertz CT molecular complexity index is 1320. The lowest BCUT2D eigenvalue weighted by Crippen LogP contribution is -2.35. The van der Waals surface area contributed by atoms with Crippen LogP contribution in [0.5, 0.6) is 0 Å². The van der Waals surface area contributed by atoms with Gasteiger partial charge in [-0.15, -0.1) is 0 Å². The van der Waals surface area contributed by atoms with Gasteiger partial charge in [0.25, 0.3) is 5.91 Å². The number of hydrogen-bond acceptors (Lipinski definition) is 7. The molecule has 0 aromatic carbocycles. The number of nitrogens with one attached hydrogen (secondary N) is 1. The van der Waals surface area contributed by atoms with E-state index in [1.54, 1.807) is 30.1 Å². The van der Waals surface area contributed by atoms with Crippen LogP contribution in [0.25, 0.3) is 11.0 Å². The summed E-state index contributed by atoms with van der Waals surface area (Å²) in [6.07, 6.45) is 8.61. The molecule has 38 heavy (non-hydrogen) atoms. The molecule has 202 valence electrons. The van der Waals surface area contributed by atoms with Crippen LogP contribution in [0.15, 0.2) is 30.6 Å². The van der Waals surface area contributed by atoms with Crippen molar-refractivity contribution in [1.82, 2.24) is 29.3 Å². The molecule has 2 amide bonds. The molecule has 1 N–H and O–H groups in total. The summed E-state index contributed by atoms with van der Waals surface area (Å²) in [5, 5.41) is 4.07. The standard InChI is InChI=1S/C28H37N7O3/c1-28(2,3)38-27(37)34-13-12-19(17-34)18-10-11-23(29-15-18)31-26-30-16-20-14-22(25(36)33(4)5)35(24(20)32-26)21-8-6-7-9-21/h10-11,14-16,19,21H,6-9,12-13,17H2,1-5H3,(H,29,30,31,32)/t19-/m0/s1. The van der Waals surface area contributed by atoms with Gasteiger partial charge in [0.15, 0.2) is 0 Å². The van der Waals surface area contributed by atoms with Crippen LogP contribution in [0.4, 0.5) is 16.6 Å². The van der Waals surface area contributed by atoms with E-state index in [2.05, 4.69) is 19.9 Å². The molecule has 5 rings (SSSR count). The zero-order valence-corrected chi connectivity index (χ0v) is 22.9. The van der Waals surface area contributed by atoms with Gasteiger partial charge in [0.2, 0.25) is 5.95 Å². The third-order valence-electron chi connectivity index (χ3n) is 7.23. The van der Waals surface area contributed by atoms with Crippen molar-refractivity contribution in [3.05, 3.63) is 41.9 Å². The highest BCUT2D eigenvalue weighted by Crippen LogP contribution is 2.35. The van der Waals surface area contributed by atoms with Crippen LogP contribution in [-0.4, -0.2) is 74.1 Å². The number of rotatable bonds is 5. The van der Waals surface area contributed by atoms with Gasteiger partial charge >= 0.3 is 6.09 Å². The van der Waals surface area contributed by atoms with Crippen LogP contribution >= 0.6 is 0 Å². The number of nitrogens with zero attached hydrogens (tertiary/aromatic N) is 6. The molecule has 2 fully saturated rings. The van der Waals surface area contributed by atoms with Gasteiger partial charge in [-0.05, 0) is 57.7 Å². The third kappa shape index (κ3) is 5.44. The number of likely N-dealkylation sites (tertiary alicyclic amines) is 1. The number of ether oxygens (including phenoxy) is 1. The normalized spacial score (nSPS) is 18.2. The maximum Gasteiger partial charge on any atom is 0.410 e. The number of hydrogen-bond donors (Lipinski definition) is 1. The summed E-state index contributed by atoms with van der Waals surface area (Å²) in [7, 11) is 3.54. The molecule has 10 nitrogen and oxygen atoms in total. The van der Waals surface area contributed by atoms with E-state index in [1.807, 2.05) is 45.2 Å². The Kier molecular flexibility index (Phi) is 6.98. The Morgan fingerprint density at radius 3 is 2.50 bits per heavy atom. The first-order chi connectivity index (χ1) is 18.1. The Morgan fingerprint density at radius 1 is 1.08 bits per heavy atom. The average molecular weight is 520 g/mol. The summed E-state index contributed by atoms with van der Waals surface area (Å²) >= 11 is 0. The van der Waals surface area contributed by atoms with Gasteiger partial charge in [-0.25, -0.2) is 14.8 Å². The number of aromatic nitrogens is 4. The quantitative estimate of drug-likeness (QED) is 0.499. The van der Waals surface area contributed by atoms with Crippen LogP contribution in [0, 0.1) is 0 Å². The minimum Gasteiger partial charge on any atom is -0.444 e. The molecular formula is C28H37N7O3. The van der Waals surface area contributed by atoms with Crippen molar-refractivity contribution in [3.8, 4) is 0 Å². The van der Waals surface area contributed by atoms with Crippen molar-refractivity contribution in [1.29, 1.82) is 0 Å². The first kappa shape index (κ1) is 25.9. The van der Waals surface area contributed by atoms with Crippen molar-refractivity contribution in [2.24, 2.45) is 0 Å². The van der Waals surface area contributed by atoms with Crippen LogP contribution < -0.4 is 5.32 Å². The summed E-state index contributed by atoms with van der Waals surface area (Å²) in [4.78, 5) is 42.6. The van der Waals surface area contributed by atoms with Gasteiger partial charge < -0.3 is 24.4 Å². The molecule has 10 heteroatoms. The molecular weight excluding hydrogens is 482 g/mol. The fourth-order valence-electron chi connectivity index (χ4n) is 5.35. The number of carbonyl (C=O) groups excluding carboxylic acids is 2. The highest BCUT2D eigenvalue weighted by atomic mass is 16.6. The second-order valence-electron chi connectivity index (χ2n) is 11.5. The molecule has 0 bridgehead atoms. The van der Waals surface area contributed by atoms with Gasteiger partial charge in [0, 0.05) is 56.9 Å². The van der Waals surface area contributed by atoms with Crippen molar-refractivity contribution < 1.29 is 14.3 Å². The van der Waals surface area contributed by atoms with E-state index < -0.39 is 5.60 Å². The van der Waals surface area contributed by atoms with Crippen molar-refractivity contribution >= 4 is 34.8 Å². The number of anilines is 2. The summed E-state index contributed by atoms with van der Waals surface area (Å²) in [6, 6.07) is 6.11. The lowest BCUT2D eigenvalue weighted by atomic mass is 10.0. The molecule has 2 aliphatic rings. The Hall–Kier alpha value is -3.69. The Balaban J connectivity index is 1.32. The zero-order chi connectivity index (χ0) is 27.0. The second-order valence-corrected chi connectivity index (χ2v) is 11.5. The molecule has 0 unspecified atom stereocenters. The van der Waals surface area contributed by atoms with Gasteiger partial charge in [0.05, 0.1) is 0 Å². The van der Waals surface area contributed by atoms with E-state index in [0.29, 0.717) is 30.5 Å². The first-order valence-electron chi connectivity index (χ1n) is 13.4. The van der Waals surface area contributed by atoms with E-state index in [9.17, 15) is 9.59 Å². The largest absolute Gasteiger partial charge is 0.444 e. The first-order valence-corrected chi connectivity index (χ1v) is 13.4. The lowest BCUT2D eigenvalue weighted by molar-refractivity contribution is 0.0292. The number of carbonyl (C=O) groups is 2. The summed E-state index contributed by atoms with van der Waals surface area (Å²) in [5.74, 6) is 1.27. The van der Waals surface area contributed by atoms with Gasteiger partial charge in [0.1, 0.15) is 22.8 Å². The molecule has 4 heterocycles. The van der Waals surface area contributed by atoms with Crippen LogP contribution in [0.2, 0.25) is 0 Å². The van der Waals surface area contributed by atoms with Crippen LogP contribution in [0.3, 0.4) is 0 Å². The van der Waals surface area contributed by atoms with E-state index in [-0.39, 0.29) is 24.0 Å². The summed E-state index contributed by atoms with van der Waals surface area (Å²) in [5.41, 5.74) is 2.00. The molecule has 0 spiro atoms. The molecule has 3 aromatic rings. The summed E-state index contributed by atoms with van der Waals surface area (Å²) in [6.45, 7) is 6.93. The molecule has 1 saturated carbocycles. The molecule has 1 aliphatic carbocycles. The van der Waals surface area contributed by atoms with Gasteiger partial charge in [-0.1, -0.05) is 18.9 Å². The maximum atomic E-state index is 12.9. The van der Waals surface area contributed by atoms with Gasteiger partial charge in [-0.2, -0.15) is 4.98 Å². The SMILES string of the molecule is CN(C)C(=O)c1cc2cnc(Nc3ccc([C@H]4CCN(C(=O)OC(C)(C)C)C4)cn3)nc2n1C1CCCC1. The molecule has 1 saturated heterocycles. The monoisotopic (exact) mass is 519 g/mol. The van der Waals surface area contributed by atoms with Crippen molar-refractivity contribution in [3.63, 3.8) is 0 Å². The average Bonchev–Trinajstić information content (AvgIpc) is 3.62. The number of fused-ring (bicyclic) bond motifs is 1.